The lowest BCUT2D eigenvalue weighted by molar-refractivity contribution is 0.148. The third kappa shape index (κ3) is 12.6. The smallest absolute Gasteiger partial charge is 0.0537 e. The molecule has 0 saturated carbocycles. The Bertz CT molecular complexity index is 203. The molecule has 0 aromatic carbocycles. The molecule has 0 aliphatic rings. The first-order valence-electron chi connectivity index (χ1n) is 8.79. The molecule has 0 unspecified atom stereocenters. The van der Waals surface area contributed by atoms with Crippen LogP contribution in [-0.4, -0.2) is 57.3 Å². The van der Waals surface area contributed by atoms with Crippen LogP contribution in [0.2, 0.25) is 24.2 Å². The van der Waals surface area contributed by atoms with Gasteiger partial charge in [0.25, 0.3) is 0 Å². The fraction of sp³-hybridized carbons (Fsp3) is 1.00. The lowest BCUT2D eigenvalue weighted by atomic mass is 10.5. The monoisotopic (exact) mass is 382 g/mol. The third-order valence-electron chi connectivity index (χ3n) is 4.37. The molecule has 0 rings (SSSR count). The summed E-state index contributed by atoms with van der Waals surface area (Å²) in [5, 5.41) is 0. The Balaban J connectivity index is 4.53. The molecule has 0 saturated heterocycles. The number of ether oxygens (including phenoxy) is 1. The second-order valence-corrected chi connectivity index (χ2v) is 14.0. The Kier molecular flexibility index (Phi) is 18.0. The molecule has 0 aliphatic carbocycles. The van der Waals surface area contributed by atoms with Crippen LogP contribution < -0.4 is 0 Å². The SMILES string of the molecule is CCOCCC[Si](CCCSC)(CCCSC)CCCSC. The molecule has 0 spiro atoms. The van der Waals surface area contributed by atoms with Gasteiger partial charge in [-0.25, -0.2) is 0 Å². The van der Waals surface area contributed by atoms with Crippen LogP contribution >= 0.6 is 35.3 Å². The zero-order chi connectivity index (χ0) is 16.5. The van der Waals surface area contributed by atoms with Gasteiger partial charge in [-0.15, -0.1) is 0 Å². The van der Waals surface area contributed by atoms with Crippen LogP contribution in [0.15, 0.2) is 0 Å². The van der Waals surface area contributed by atoms with E-state index in [2.05, 4.69) is 25.7 Å². The van der Waals surface area contributed by atoms with E-state index in [1.54, 1.807) is 18.1 Å². The molecule has 134 valence electrons. The van der Waals surface area contributed by atoms with Gasteiger partial charge in [-0.2, -0.15) is 35.3 Å². The maximum Gasteiger partial charge on any atom is 0.0537 e. The van der Waals surface area contributed by atoms with Crippen molar-refractivity contribution < 1.29 is 4.74 Å². The van der Waals surface area contributed by atoms with E-state index in [4.69, 9.17) is 4.74 Å². The highest BCUT2D eigenvalue weighted by Crippen LogP contribution is 2.33. The van der Waals surface area contributed by atoms with E-state index < -0.39 is 8.07 Å². The highest BCUT2D eigenvalue weighted by Gasteiger charge is 2.30. The lowest BCUT2D eigenvalue weighted by Crippen LogP contribution is -2.35. The number of rotatable bonds is 17. The summed E-state index contributed by atoms with van der Waals surface area (Å²) in [7, 11) is -1.08. The zero-order valence-corrected chi connectivity index (χ0v) is 18.8. The zero-order valence-electron chi connectivity index (χ0n) is 15.3. The first kappa shape index (κ1) is 23.2. The Hall–Kier alpha value is 1.23. The van der Waals surface area contributed by atoms with Crippen molar-refractivity contribution in [3.8, 4) is 0 Å². The molecule has 0 atom stereocenters. The van der Waals surface area contributed by atoms with Gasteiger partial charge in [-0.3, -0.25) is 0 Å². The maximum absolute atomic E-state index is 5.62. The number of thioether (sulfide) groups is 3. The van der Waals surface area contributed by atoms with Crippen molar-refractivity contribution in [2.24, 2.45) is 0 Å². The van der Waals surface area contributed by atoms with E-state index in [0.717, 1.165) is 13.2 Å². The summed E-state index contributed by atoms with van der Waals surface area (Å²) in [5.41, 5.74) is 0. The van der Waals surface area contributed by atoms with Crippen molar-refractivity contribution in [2.75, 3.05) is 49.2 Å². The van der Waals surface area contributed by atoms with E-state index in [-0.39, 0.29) is 0 Å². The van der Waals surface area contributed by atoms with E-state index >= 15 is 0 Å². The fourth-order valence-corrected chi connectivity index (χ4v) is 10.5. The summed E-state index contributed by atoms with van der Waals surface area (Å²) in [6, 6.07) is 6.18. The Morgan fingerprint density at radius 1 is 0.682 bits per heavy atom. The Morgan fingerprint density at radius 2 is 1.09 bits per heavy atom. The van der Waals surface area contributed by atoms with E-state index in [1.165, 1.54) is 49.0 Å². The molecule has 0 radical (unpaired) electrons. The lowest BCUT2D eigenvalue weighted by Gasteiger charge is -2.32. The van der Waals surface area contributed by atoms with Crippen molar-refractivity contribution in [1.29, 1.82) is 0 Å². The molecule has 0 aromatic heterocycles. The average molecular weight is 383 g/mol. The molecule has 0 heterocycles. The van der Waals surface area contributed by atoms with Gasteiger partial charge in [0.05, 0.1) is 8.07 Å². The van der Waals surface area contributed by atoms with Crippen molar-refractivity contribution in [3.05, 3.63) is 0 Å². The predicted molar refractivity (Wildman–Crippen MR) is 115 cm³/mol. The van der Waals surface area contributed by atoms with Crippen molar-refractivity contribution >= 4 is 43.4 Å². The van der Waals surface area contributed by atoms with Gasteiger partial charge in [0.2, 0.25) is 0 Å². The van der Waals surface area contributed by atoms with Crippen molar-refractivity contribution in [3.63, 3.8) is 0 Å². The Labute approximate surface area is 153 Å². The van der Waals surface area contributed by atoms with Crippen LogP contribution in [0.3, 0.4) is 0 Å². The van der Waals surface area contributed by atoms with Crippen LogP contribution in [0.1, 0.15) is 32.6 Å². The predicted octanol–water partition coefficient (Wildman–Crippen LogP) is 6.12. The van der Waals surface area contributed by atoms with Crippen LogP contribution in [0.25, 0.3) is 0 Å². The van der Waals surface area contributed by atoms with Gasteiger partial charge >= 0.3 is 0 Å². The molecule has 0 aromatic rings. The molecule has 22 heavy (non-hydrogen) atoms. The van der Waals surface area contributed by atoms with Gasteiger partial charge in [0.1, 0.15) is 0 Å². The summed E-state index contributed by atoms with van der Waals surface area (Å²) in [5.74, 6) is 4.06. The van der Waals surface area contributed by atoms with Gasteiger partial charge in [0.15, 0.2) is 0 Å². The first-order chi connectivity index (χ1) is 10.7. The van der Waals surface area contributed by atoms with Gasteiger partial charge in [0, 0.05) is 13.2 Å². The second kappa shape index (κ2) is 17.1. The van der Waals surface area contributed by atoms with E-state index in [0.29, 0.717) is 0 Å². The Morgan fingerprint density at radius 3 is 1.45 bits per heavy atom. The molecule has 1 nitrogen and oxygen atoms in total. The third-order valence-corrected chi connectivity index (χ3v) is 12.1. The number of hydrogen-bond donors (Lipinski definition) is 0. The average Bonchev–Trinajstić information content (AvgIpc) is 2.52. The van der Waals surface area contributed by atoms with E-state index in [9.17, 15) is 0 Å². The molecule has 0 bridgehead atoms. The first-order valence-corrected chi connectivity index (χ1v) is 15.8. The van der Waals surface area contributed by atoms with Crippen molar-refractivity contribution in [1.82, 2.24) is 0 Å². The standard InChI is InChI=1S/C17H38OS3Si/c1-5-18-10-6-14-22(15-7-11-19-2,16-8-12-20-3)17-9-13-21-4/h5-17H2,1-4H3. The summed E-state index contributed by atoms with van der Waals surface area (Å²) in [4.78, 5) is 0. The van der Waals surface area contributed by atoms with Crippen LogP contribution in [-0.2, 0) is 4.74 Å². The minimum Gasteiger partial charge on any atom is -0.382 e. The summed E-state index contributed by atoms with van der Waals surface area (Å²) < 4.78 is 5.62. The van der Waals surface area contributed by atoms with E-state index in [1.807, 2.05) is 35.3 Å². The molecule has 0 fully saturated rings. The quantitative estimate of drug-likeness (QED) is 0.221. The second-order valence-electron chi connectivity index (χ2n) is 6.09. The summed E-state index contributed by atoms with van der Waals surface area (Å²) in [6.07, 6.45) is 12.4. The normalized spacial score (nSPS) is 12.0. The molecular formula is C17H38OS3Si. The summed E-state index contributed by atoms with van der Waals surface area (Å²) >= 11 is 6.06. The molecular weight excluding hydrogens is 344 g/mol. The van der Waals surface area contributed by atoms with Gasteiger partial charge in [-0.05, 0) is 68.6 Å². The number of hydrogen-bond acceptors (Lipinski definition) is 4. The topological polar surface area (TPSA) is 9.23 Å². The maximum atomic E-state index is 5.62. The van der Waals surface area contributed by atoms with Crippen LogP contribution in [0, 0.1) is 0 Å². The van der Waals surface area contributed by atoms with Gasteiger partial charge < -0.3 is 4.74 Å². The van der Waals surface area contributed by atoms with Crippen LogP contribution in [0.5, 0.6) is 0 Å². The fourth-order valence-electron chi connectivity index (χ4n) is 3.22. The molecule has 5 heteroatoms. The highest BCUT2D eigenvalue weighted by atomic mass is 32.2. The molecule has 0 aliphatic heterocycles. The largest absolute Gasteiger partial charge is 0.382 e. The molecule has 0 amide bonds. The van der Waals surface area contributed by atoms with Crippen LogP contribution in [0.4, 0.5) is 0 Å². The van der Waals surface area contributed by atoms with Gasteiger partial charge in [-0.1, -0.05) is 24.2 Å². The minimum absolute atomic E-state index is 0.875. The van der Waals surface area contributed by atoms with Crippen molar-refractivity contribution in [2.45, 2.75) is 56.8 Å². The minimum atomic E-state index is -1.08. The summed E-state index contributed by atoms with van der Waals surface area (Å²) in [6.45, 7) is 3.97. The highest BCUT2D eigenvalue weighted by molar-refractivity contribution is 7.98. The molecule has 0 N–H and O–H groups in total.